The van der Waals surface area contributed by atoms with Crippen LogP contribution in [0.2, 0.25) is 10.0 Å². The molecule has 1 aromatic carbocycles. The van der Waals surface area contributed by atoms with Crippen LogP contribution < -0.4 is 0 Å². The van der Waals surface area contributed by atoms with Gasteiger partial charge in [-0.3, -0.25) is 10.1 Å². The molecule has 31 heavy (non-hydrogen) atoms. The molecule has 0 aliphatic rings. The summed E-state index contributed by atoms with van der Waals surface area (Å²) in [6.07, 6.45) is -4.82. The number of pyridine rings is 1. The maximum Gasteiger partial charge on any atom is 0.461 e. The van der Waals surface area contributed by atoms with E-state index in [2.05, 4.69) is 15.1 Å². The van der Waals surface area contributed by atoms with Crippen LogP contribution in [0.5, 0.6) is 0 Å². The maximum absolute atomic E-state index is 13.9. The van der Waals surface area contributed by atoms with Crippen LogP contribution in [0.4, 0.5) is 27.6 Å². The minimum atomic E-state index is -5.93. The fourth-order valence-corrected chi connectivity index (χ4v) is 3.12. The van der Waals surface area contributed by atoms with Gasteiger partial charge in [-0.2, -0.15) is 22.0 Å². The molecule has 0 unspecified atom stereocenters. The first-order valence-electron chi connectivity index (χ1n) is 8.26. The molecule has 0 bridgehead atoms. The summed E-state index contributed by atoms with van der Waals surface area (Å²) in [5, 5.41) is 14.3. The van der Waals surface area contributed by atoms with E-state index in [1.54, 1.807) is 0 Å². The van der Waals surface area contributed by atoms with E-state index in [4.69, 9.17) is 23.2 Å². The lowest BCUT2D eigenvalue weighted by Gasteiger charge is -2.15. The summed E-state index contributed by atoms with van der Waals surface area (Å²) in [4.78, 5) is 17.6. The molecule has 0 saturated heterocycles. The zero-order chi connectivity index (χ0) is 23.1. The molecule has 0 spiro atoms. The van der Waals surface area contributed by atoms with E-state index in [1.807, 2.05) is 0 Å². The second-order valence-corrected chi connectivity index (χ2v) is 7.19. The molecule has 0 fully saturated rings. The van der Waals surface area contributed by atoms with Crippen LogP contribution in [0.1, 0.15) is 17.0 Å². The number of hydrogen-bond donors (Lipinski definition) is 0. The van der Waals surface area contributed by atoms with Gasteiger partial charge < -0.3 is 0 Å². The third kappa shape index (κ3) is 4.44. The average Bonchev–Trinajstić information content (AvgIpc) is 3.04. The van der Waals surface area contributed by atoms with Gasteiger partial charge in [-0.15, -0.1) is 5.10 Å². The van der Waals surface area contributed by atoms with Gasteiger partial charge >= 0.3 is 12.1 Å². The molecule has 0 aliphatic carbocycles. The Morgan fingerprint density at radius 3 is 2.39 bits per heavy atom. The van der Waals surface area contributed by atoms with Crippen molar-refractivity contribution in [3.63, 3.8) is 0 Å². The summed E-state index contributed by atoms with van der Waals surface area (Å²) >= 11 is 11.8. The Balaban J connectivity index is 2.14. The number of hydrogen-bond acceptors (Lipinski definition) is 5. The van der Waals surface area contributed by atoms with Gasteiger partial charge in [0.25, 0.3) is 5.69 Å². The molecule has 7 nitrogen and oxygen atoms in total. The van der Waals surface area contributed by atoms with E-state index in [0.29, 0.717) is 5.56 Å². The lowest BCUT2D eigenvalue weighted by molar-refractivity contribution is -0.385. The summed E-state index contributed by atoms with van der Waals surface area (Å²) in [6, 6.07) is 5.08. The Hall–Kier alpha value is -2.86. The van der Waals surface area contributed by atoms with Crippen molar-refractivity contribution in [2.24, 2.45) is 0 Å². The smallest absolute Gasteiger partial charge is 0.258 e. The third-order valence-corrected chi connectivity index (χ3v) is 4.61. The van der Waals surface area contributed by atoms with Gasteiger partial charge in [-0.05, 0) is 24.6 Å². The van der Waals surface area contributed by atoms with Crippen LogP contribution in [-0.2, 0) is 12.5 Å². The predicted octanol–water partition coefficient (Wildman–Crippen LogP) is 5.57. The summed E-state index contributed by atoms with van der Waals surface area (Å²) < 4.78 is 67.0. The van der Waals surface area contributed by atoms with Crippen LogP contribution in [0.25, 0.3) is 11.5 Å². The number of nitrogens with zero attached hydrogens (tertiary/aromatic N) is 5. The SMILES string of the molecule is Cc1cc(Cn2nc(C(F)(F)C(F)(F)F)nc2-c2ncc(Cl)cc2Cl)ccc1[N+](=O)[O-]. The maximum atomic E-state index is 13.9. The van der Waals surface area contributed by atoms with Crippen molar-refractivity contribution < 1.29 is 26.9 Å². The van der Waals surface area contributed by atoms with Crippen molar-refractivity contribution in [2.75, 3.05) is 0 Å². The fourth-order valence-electron chi connectivity index (χ4n) is 2.66. The molecule has 0 saturated carbocycles. The van der Waals surface area contributed by atoms with Gasteiger partial charge in [0.2, 0.25) is 5.82 Å². The highest BCUT2D eigenvalue weighted by molar-refractivity contribution is 6.35. The normalized spacial score (nSPS) is 12.3. The molecule has 164 valence electrons. The molecule has 2 aromatic heterocycles. The topological polar surface area (TPSA) is 86.7 Å². The third-order valence-electron chi connectivity index (χ3n) is 4.12. The van der Waals surface area contributed by atoms with Crippen molar-refractivity contribution in [3.05, 3.63) is 67.6 Å². The number of aryl methyl sites for hydroxylation is 1. The van der Waals surface area contributed by atoms with Crippen molar-refractivity contribution in [1.82, 2.24) is 19.7 Å². The lowest BCUT2D eigenvalue weighted by atomic mass is 10.1. The van der Waals surface area contributed by atoms with Gasteiger partial charge in [0.15, 0.2) is 5.82 Å². The number of benzene rings is 1. The molecule has 3 rings (SSSR count). The first-order chi connectivity index (χ1) is 14.3. The Morgan fingerprint density at radius 2 is 1.84 bits per heavy atom. The highest BCUT2D eigenvalue weighted by Gasteiger charge is 2.62. The zero-order valence-corrected chi connectivity index (χ0v) is 16.8. The van der Waals surface area contributed by atoms with E-state index < -0.39 is 28.7 Å². The Kier molecular flexibility index (Phi) is 5.89. The van der Waals surface area contributed by atoms with Gasteiger partial charge in [0.1, 0.15) is 5.69 Å². The number of nitro groups is 1. The predicted molar refractivity (Wildman–Crippen MR) is 100 cm³/mol. The van der Waals surface area contributed by atoms with Gasteiger partial charge in [-0.1, -0.05) is 29.3 Å². The quantitative estimate of drug-likeness (QED) is 0.270. The lowest BCUT2D eigenvalue weighted by Crippen LogP contribution is -2.35. The first kappa shape index (κ1) is 22.8. The monoisotopic (exact) mass is 481 g/mol. The van der Waals surface area contributed by atoms with E-state index in [0.717, 1.165) is 10.9 Å². The summed E-state index contributed by atoms with van der Waals surface area (Å²) in [7, 11) is 0. The van der Waals surface area contributed by atoms with Gasteiger partial charge in [-0.25, -0.2) is 14.6 Å². The average molecular weight is 482 g/mol. The van der Waals surface area contributed by atoms with E-state index in [1.165, 1.54) is 31.2 Å². The van der Waals surface area contributed by atoms with E-state index in [9.17, 15) is 32.1 Å². The number of nitro benzene ring substituents is 1. The van der Waals surface area contributed by atoms with Crippen molar-refractivity contribution in [3.8, 4) is 11.5 Å². The van der Waals surface area contributed by atoms with Gasteiger partial charge in [0, 0.05) is 17.8 Å². The summed E-state index contributed by atoms with van der Waals surface area (Å²) in [6.45, 7) is 1.11. The second-order valence-electron chi connectivity index (χ2n) is 6.35. The molecule has 14 heteroatoms. The number of alkyl halides is 5. The number of aromatic nitrogens is 4. The van der Waals surface area contributed by atoms with Crippen molar-refractivity contribution >= 4 is 28.9 Å². The van der Waals surface area contributed by atoms with Crippen LogP contribution in [0.3, 0.4) is 0 Å². The number of halogens is 7. The fraction of sp³-hybridized carbons (Fsp3) is 0.235. The highest BCUT2D eigenvalue weighted by atomic mass is 35.5. The molecule has 3 aromatic rings. The molecule has 0 N–H and O–H groups in total. The summed E-state index contributed by atoms with van der Waals surface area (Å²) in [5.41, 5.74) is 0.185. The molecular formula is C17H10Cl2F5N5O2. The second kappa shape index (κ2) is 8.00. The Labute approximate surface area is 180 Å². The first-order valence-corrected chi connectivity index (χ1v) is 9.02. The van der Waals surface area contributed by atoms with Crippen molar-refractivity contribution in [2.45, 2.75) is 25.6 Å². The van der Waals surface area contributed by atoms with Gasteiger partial charge in [0.05, 0.1) is 21.5 Å². The zero-order valence-electron chi connectivity index (χ0n) is 15.3. The van der Waals surface area contributed by atoms with Crippen LogP contribution in [-0.4, -0.2) is 30.8 Å². The minimum Gasteiger partial charge on any atom is -0.258 e. The van der Waals surface area contributed by atoms with Crippen LogP contribution in [0, 0.1) is 17.0 Å². The minimum absolute atomic E-state index is 0.103. The molecular weight excluding hydrogens is 472 g/mol. The standard InChI is InChI=1S/C17H10Cl2F5N5O2/c1-8-4-9(2-3-12(8)29(30)31)7-28-14(13-11(19)5-10(18)6-25-13)26-15(27-28)16(20,21)17(22,23)24/h2-6H,7H2,1H3. The van der Waals surface area contributed by atoms with Crippen molar-refractivity contribution in [1.29, 1.82) is 0 Å². The Morgan fingerprint density at radius 1 is 1.16 bits per heavy atom. The molecule has 0 aliphatic heterocycles. The molecule has 0 radical (unpaired) electrons. The highest BCUT2D eigenvalue weighted by Crippen LogP contribution is 2.43. The molecule has 0 atom stereocenters. The van der Waals surface area contributed by atoms with E-state index in [-0.39, 0.29) is 33.5 Å². The van der Waals surface area contributed by atoms with Crippen LogP contribution in [0.15, 0.2) is 30.5 Å². The van der Waals surface area contributed by atoms with Crippen LogP contribution >= 0.6 is 23.2 Å². The Bertz CT molecular complexity index is 1170. The largest absolute Gasteiger partial charge is 0.461 e. The van der Waals surface area contributed by atoms with E-state index >= 15 is 0 Å². The summed E-state index contributed by atoms with van der Waals surface area (Å²) in [5.74, 6) is -7.59. The molecule has 0 amide bonds. The number of rotatable bonds is 5. The molecule has 2 heterocycles.